The second-order valence-electron chi connectivity index (χ2n) is 1.49. The van der Waals surface area contributed by atoms with Crippen molar-refractivity contribution in [1.82, 2.24) is 0 Å². The molecule has 0 aromatic carbocycles. The number of aliphatic hydroxyl groups excluding tert-OH is 1. The van der Waals surface area contributed by atoms with Gasteiger partial charge in [0.15, 0.2) is 0 Å². The van der Waals surface area contributed by atoms with Crippen LogP contribution in [0.4, 0.5) is 0 Å². The molecule has 1 N–H and O–H groups in total. The maximum Gasteiger partial charge on any atom is 0.0512 e. The van der Waals surface area contributed by atoms with Crippen molar-refractivity contribution in [3.05, 3.63) is 6.92 Å². The van der Waals surface area contributed by atoms with Gasteiger partial charge in [-0.15, -0.1) is 0 Å². The first-order chi connectivity index (χ1) is 2.77. The summed E-state index contributed by atoms with van der Waals surface area (Å²) in [5.74, 6) is 0. The zero-order chi connectivity index (χ0) is 4.99. The standard InChI is InChI=1S/C5H11O/c1-3-4-5(2)6/h5-6H,1,3-4H2,2H3. The molecular weight excluding hydrogens is 76.1 g/mol. The van der Waals surface area contributed by atoms with Crippen LogP contribution in [0.1, 0.15) is 19.8 Å². The van der Waals surface area contributed by atoms with Gasteiger partial charge in [0.2, 0.25) is 0 Å². The molecule has 1 unspecified atom stereocenters. The predicted octanol–water partition coefficient (Wildman–Crippen LogP) is 0.981. The Bertz CT molecular complexity index is 25.1. The van der Waals surface area contributed by atoms with Crippen LogP contribution in [0.5, 0.6) is 0 Å². The fourth-order valence-electron chi connectivity index (χ4n) is 0.295. The summed E-state index contributed by atoms with van der Waals surface area (Å²) in [5.41, 5.74) is 0. The van der Waals surface area contributed by atoms with Gasteiger partial charge in [-0.05, 0) is 13.3 Å². The fraction of sp³-hybridized carbons (Fsp3) is 0.800. The summed E-state index contributed by atoms with van der Waals surface area (Å²) in [6.45, 7) is 5.33. The van der Waals surface area contributed by atoms with Gasteiger partial charge in [-0.1, -0.05) is 13.3 Å². The van der Waals surface area contributed by atoms with Gasteiger partial charge < -0.3 is 5.11 Å². The molecule has 1 nitrogen and oxygen atoms in total. The van der Waals surface area contributed by atoms with E-state index in [9.17, 15) is 0 Å². The first-order valence-corrected chi connectivity index (χ1v) is 2.24. The summed E-state index contributed by atoms with van der Waals surface area (Å²) in [7, 11) is 0. The van der Waals surface area contributed by atoms with Crippen molar-refractivity contribution in [1.29, 1.82) is 0 Å². The van der Waals surface area contributed by atoms with E-state index in [0.29, 0.717) is 0 Å². The molecule has 37 valence electrons. The first-order valence-electron chi connectivity index (χ1n) is 2.24. The van der Waals surface area contributed by atoms with Crippen LogP contribution in [0.25, 0.3) is 0 Å². The van der Waals surface area contributed by atoms with Gasteiger partial charge in [0.1, 0.15) is 0 Å². The van der Waals surface area contributed by atoms with E-state index in [1.54, 1.807) is 6.92 Å². The smallest absolute Gasteiger partial charge is 0.0512 e. The lowest BCUT2D eigenvalue weighted by molar-refractivity contribution is 0.185. The summed E-state index contributed by atoms with van der Waals surface area (Å²) in [5, 5.41) is 8.51. The molecule has 0 rings (SSSR count). The fourth-order valence-corrected chi connectivity index (χ4v) is 0.295. The van der Waals surface area contributed by atoms with Crippen LogP contribution in [0.2, 0.25) is 0 Å². The van der Waals surface area contributed by atoms with Crippen LogP contribution in [0.3, 0.4) is 0 Å². The Labute approximate surface area is 39.0 Å². The van der Waals surface area contributed by atoms with Crippen LogP contribution in [-0.4, -0.2) is 11.2 Å². The highest BCUT2D eigenvalue weighted by Gasteiger charge is 1.87. The molecule has 0 heterocycles. The maximum absolute atomic E-state index is 8.51. The molecule has 0 aliphatic carbocycles. The van der Waals surface area contributed by atoms with E-state index in [2.05, 4.69) is 6.92 Å². The third-order valence-corrected chi connectivity index (χ3v) is 0.622. The van der Waals surface area contributed by atoms with Crippen molar-refractivity contribution in [2.75, 3.05) is 0 Å². The van der Waals surface area contributed by atoms with Gasteiger partial charge in [0.05, 0.1) is 6.10 Å². The van der Waals surface area contributed by atoms with Crippen molar-refractivity contribution in [3.8, 4) is 0 Å². The highest BCUT2D eigenvalue weighted by Crippen LogP contribution is 1.90. The lowest BCUT2D eigenvalue weighted by Crippen LogP contribution is -1.96. The Balaban J connectivity index is 2.63. The Hall–Kier alpha value is -0.0400. The molecule has 0 fully saturated rings. The Morgan fingerprint density at radius 1 is 1.83 bits per heavy atom. The van der Waals surface area contributed by atoms with Gasteiger partial charge >= 0.3 is 0 Å². The van der Waals surface area contributed by atoms with Gasteiger partial charge in [0.25, 0.3) is 0 Å². The molecule has 0 spiro atoms. The summed E-state index contributed by atoms with van der Waals surface area (Å²) in [6.07, 6.45) is 1.49. The quantitative estimate of drug-likeness (QED) is 0.532. The molecule has 0 bridgehead atoms. The SMILES string of the molecule is [CH2]CCC(C)O. The Kier molecular flexibility index (Phi) is 3.14. The molecular formula is C5H11O. The van der Waals surface area contributed by atoms with E-state index in [-0.39, 0.29) is 6.10 Å². The molecule has 1 heteroatoms. The second-order valence-corrected chi connectivity index (χ2v) is 1.49. The van der Waals surface area contributed by atoms with E-state index < -0.39 is 0 Å². The minimum atomic E-state index is -0.164. The number of rotatable bonds is 2. The monoisotopic (exact) mass is 87.1 g/mol. The van der Waals surface area contributed by atoms with E-state index >= 15 is 0 Å². The van der Waals surface area contributed by atoms with Gasteiger partial charge in [-0.25, -0.2) is 0 Å². The van der Waals surface area contributed by atoms with Crippen molar-refractivity contribution in [3.63, 3.8) is 0 Å². The van der Waals surface area contributed by atoms with E-state index in [4.69, 9.17) is 5.11 Å². The molecule has 0 aromatic rings. The third-order valence-electron chi connectivity index (χ3n) is 0.622. The van der Waals surface area contributed by atoms with Gasteiger partial charge in [-0.3, -0.25) is 0 Å². The third kappa shape index (κ3) is 3.96. The topological polar surface area (TPSA) is 20.2 Å². The molecule has 6 heavy (non-hydrogen) atoms. The summed E-state index contributed by atoms with van der Waals surface area (Å²) in [4.78, 5) is 0. The maximum atomic E-state index is 8.51. The minimum absolute atomic E-state index is 0.164. The number of hydrogen-bond acceptors (Lipinski definition) is 1. The first kappa shape index (κ1) is 5.96. The van der Waals surface area contributed by atoms with Gasteiger partial charge in [-0.2, -0.15) is 0 Å². The molecule has 1 atom stereocenters. The van der Waals surface area contributed by atoms with E-state index in [0.717, 1.165) is 12.8 Å². The lowest BCUT2D eigenvalue weighted by Gasteiger charge is -1.95. The van der Waals surface area contributed by atoms with Crippen LogP contribution in [-0.2, 0) is 0 Å². The predicted molar refractivity (Wildman–Crippen MR) is 26.3 cm³/mol. The number of aliphatic hydroxyl groups is 1. The minimum Gasteiger partial charge on any atom is -0.393 e. The van der Waals surface area contributed by atoms with Crippen LogP contribution in [0, 0.1) is 6.92 Å². The molecule has 0 saturated carbocycles. The van der Waals surface area contributed by atoms with Crippen LogP contribution in [0.15, 0.2) is 0 Å². The highest BCUT2D eigenvalue weighted by atomic mass is 16.3. The largest absolute Gasteiger partial charge is 0.393 e. The van der Waals surface area contributed by atoms with Gasteiger partial charge in [0, 0.05) is 0 Å². The zero-order valence-corrected chi connectivity index (χ0v) is 4.15. The summed E-state index contributed by atoms with van der Waals surface area (Å²) < 4.78 is 0. The van der Waals surface area contributed by atoms with E-state index in [1.807, 2.05) is 0 Å². The van der Waals surface area contributed by atoms with Crippen molar-refractivity contribution in [2.45, 2.75) is 25.9 Å². The lowest BCUT2D eigenvalue weighted by atomic mass is 10.2. The van der Waals surface area contributed by atoms with Crippen molar-refractivity contribution in [2.24, 2.45) is 0 Å². The normalized spacial score (nSPS) is 14.5. The van der Waals surface area contributed by atoms with Crippen molar-refractivity contribution < 1.29 is 5.11 Å². The highest BCUT2D eigenvalue weighted by molar-refractivity contribution is 4.46. The van der Waals surface area contributed by atoms with E-state index in [1.165, 1.54) is 0 Å². The zero-order valence-electron chi connectivity index (χ0n) is 4.15. The summed E-state index contributed by atoms with van der Waals surface area (Å²) >= 11 is 0. The van der Waals surface area contributed by atoms with Crippen LogP contribution < -0.4 is 0 Å². The summed E-state index contributed by atoms with van der Waals surface area (Å²) in [6, 6.07) is 0. The molecule has 0 saturated heterocycles. The van der Waals surface area contributed by atoms with Crippen LogP contribution >= 0.6 is 0 Å². The van der Waals surface area contributed by atoms with Crippen molar-refractivity contribution >= 4 is 0 Å². The molecule has 0 aliphatic rings. The average Bonchev–Trinajstić information content (AvgIpc) is 1.35. The Morgan fingerprint density at radius 2 is 2.33 bits per heavy atom. The Morgan fingerprint density at radius 3 is 2.33 bits per heavy atom. The molecule has 0 amide bonds. The second kappa shape index (κ2) is 3.16. The molecule has 1 radical (unpaired) electrons. The number of hydrogen-bond donors (Lipinski definition) is 1. The molecule has 0 aliphatic heterocycles. The average molecular weight is 87.1 g/mol. The molecule has 0 aromatic heterocycles.